The number of H-pyrrole nitrogens is 1. The molecule has 0 unspecified atom stereocenters. The molecule has 0 fully saturated rings. The Hall–Kier alpha value is -2.65. The topological polar surface area (TPSA) is 44.9 Å². The second-order valence-electron chi connectivity index (χ2n) is 6.65. The Kier molecular flexibility index (Phi) is 4.49. The summed E-state index contributed by atoms with van der Waals surface area (Å²) in [6.45, 7) is 0.823. The van der Waals surface area contributed by atoms with Crippen molar-refractivity contribution in [1.29, 1.82) is 0 Å². The maximum absolute atomic E-state index is 11.5. The molecule has 1 aliphatic rings. The molecule has 0 radical (unpaired) electrons. The van der Waals surface area contributed by atoms with Crippen LogP contribution in [0.1, 0.15) is 35.7 Å². The Morgan fingerprint density at radius 2 is 1.80 bits per heavy atom. The van der Waals surface area contributed by atoms with Crippen LogP contribution in [0.3, 0.4) is 0 Å². The molecule has 25 heavy (non-hydrogen) atoms. The second-order valence-corrected chi connectivity index (χ2v) is 6.65. The lowest BCUT2D eigenvalue weighted by Gasteiger charge is -2.26. The molecule has 126 valence electrons. The first-order valence-electron chi connectivity index (χ1n) is 8.89. The van der Waals surface area contributed by atoms with Gasteiger partial charge in [-0.25, -0.2) is 0 Å². The van der Waals surface area contributed by atoms with Crippen LogP contribution in [-0.4, -0.2) is 4.98 Å². The molecular formula is C22H22N2O. The molecule has 0 saturated carbocycles. The number of rotatable bonds is 4. The summed E-state index contributed by atoms with van der Waals surface area (Å²) < 4.78 is 0. The summed E-state index contributed by atoms with van der Waals surface area (Å²) in [4.78, 5) is 14.5. The lowest BCUT2D eigenvalue weighted by molar-refractivity contribution is 0.453. The first-order chi connectivity index (χ1) is 12.3. The number of aromatic nitrogens is 1. The van der Waals surface area contributed by atoms with E-state index in [0.717, 1.165) is 31.5 Å². The lowest BCUT2D eigenvalue weighted by atomic mass is 9.91. The normalized spacial score (nSPS) is 16.4. The van der Waals surface area contributed by atoms with Crippen molar-refractivity contribution in [3.63, 3.8) is 0 Å². The third kappa shape index (κ3) is 3.57. The van der Waals surface area contributed by atoms with E-state index in [4.69, 9.17) is 0 Å². The Bertz CT molecular complexity index is 915. The van der Waals surface area contributed by atoms with Crippen LogP contribution in [0.4, 0.5) is 0 Å². The number of hydrogen-bond acceptors (Lipinski definition) is 2. The Morgan fingerprint density at radius 1 is 0.960 bits per heavy atom. The molecular weight excluding hydrogens is 308 g/mol. The lowest BCUT2D eigenvalue weighted by Crippen LogP contribution is -2.27. The third-order valence-electron chi connectivity index (χ3n) is 4.92. The van der Waals surface area contributed by atoms with Gasteiger partial charge in [0.1, 0.15) is 0 Å². The van der Waals surface area contributed by atoms with Crippen molar-refractivity contribution >= 4 is 0 Å². The fraction of sp³-hybridized carbons (Fsp3) is 0.227. The fourth-order valence-corrected chi connectivity index (χ4v) is 3.64. The van der Waals surface area contributed by atoms with E-state index in [1.807, 2.05) is 12.1 Å². The maximum Gasteiger partial charge on any atom is 0.248 e. The molecule has 0 saturated heterocycles. The first-order valence-corrected chi connectivity index (χ1v) is 8.89. The summed E-state index contributed by atoms with van der Waals surface area (Å²) in [5.41, 5.74) is 6.09. The smallest absolute Gasteiger partial charge is 0.248 e. The third-order valence-corrected chi connectivity index (χ3v) is 4.92. The van der Waals surface area contributed by atoms with Gasteiger partial charge in [-0.3, -0.25) is 4.79 Å². The fourth-order valence-electron chi connectivity index (χ4n) is 3.64. The van der Waals surface area contributed by atoms with Gasteiger partial charge in [-0.2, -0.15) is 0 Å². The van der Waals surface area contributed by atoms with Crippen LogP contribution >= 0.6 is 0 Å². The van der Waals surface area contributed by atoms with Gasteiger partial charge in [0, 0.05) is 24.3 Å². The van der Waals surface area contributed by atoms with Gasteiger partial charge in [-0.1, -0.05) is 54.6 Å². The SMILES string of the molecule is O=c1ccc2c([nH]1)CCC[C@H]2NCc1cccc(-c2ccccc2)c1. The van der Waals surface area contributed by atoms with Gasteiger partial charge in [-0.05, 0) is 47.6 Å². The van der Waals surface area contributed by atoms with Gasteiger partial charge >= 0.3 is 0 Å². The number of nitrogens with one attached hydrogen (secondary N) is 2. The number of aryl methyl sites for hydroxylation is 1. The average Bonchev–Trinajstić information content (AvgIpc) is 2.67. The molecule has 3 heteroatoms. The minimum Gasteiger partial charge on any atom is -0.326 e. The van der Waals surface area contributed by atoms with Gasteiger partial charge in [0.05, 0.1) is 0 Å². The monoisotopic (exact) mass is 330 g/mol. The molecule has 0 bridgehead atoms. The molecule has 0 aliphatic heterocycles. The van der Waals surface area contributed by atoms with Crippen molar-refractivity contribution < 1.29 is 0 Å². The summed E-state index contributed by atoms with van der Waals surface area (Å²) in [6.07, 6.45) is 3.18. The van der Waals surface area contributed by atoms with Crippen molar-refractivity contribution in [2.24, 2.45) is 0 Å². The van der Waals surface area contributed by atoms with E-state index in [9.17, 15) is 4.79 Å². The molecule has 0 spiro atoms. The summed E-state index contributed by atoms with van der Waals surface area (Å²) in [5, 5.41) is 3.67. The van der Waals surface area contributed by atoms with Crippen LogP contribution in [0.5, 0.6) is 0 Å². The summed E-state index contributed by atoms with van der Waals surface area (Å²) in [5.74, 6) is 0. The van der Waals surface area contributed by atoms with Crippen LogP contribution in [0.25, 0.3) is 11.1 Å². The van der Waals surface area contributed by atoms with Crippen LogP contribution in [0.2, 0.25) is 0 Å². The average molecular weight is 330 g/mol. The minimum absolute atomic E-state index is 0.00466. The van der Waals surface area contributed by atoms with Gasteiger partial charge in [0.2, 0.25) is 5.56 Å². The van der Waals surface area contributed by atoms with E-state index in [-0.39, 0.29) is 5.56 Å². The Morgan fingerprint density at radius 3 is 2.68 bits per heavy atom. The van der Waals surface area contributed by atoms with Crippen LogP contribution in [-0.2, 0) is 13.0 Å². The minimum atomic E-state index is -0.00466. The van der Waals surface area contributed by atoms with Crippen LogP contribution in [0.15, 0.2) is 71.5 Å². The number of aromatic amines is 1. The zero-order valence-corrected chi connectivity index (χ0v) is 14.2. The van der Waals surface area contributed by atoms with E-state index in [0.29, 0.717) is 6.04 Å². The Balaban J connectivity index is 1.50. The van der Waals surface area contributed by atoms with Gasteiger partial charge < -0.3 is 10.3 Å². The van der Waals surface area contributed by atoms with Crippen molar-refractivity contribution in [2.45, 2.75) is 31.8 Å². The molecule has 0 amide bonds. The van der Waals surface area contributed by atoms with Crippen molar-refractivity contribution in [2.75, 3.05) is 0 Å². The Labute approximate surface area is 147 Å². The molecule has 3 nitrogen and oxygen atoms in total. The molecule has 1 aromatic heterocycles. The molecule has 2 aromatic carbocycles. The molecule has 3 aromatic rings. The number of benzene rings is 2. The first kappa shape index (κ1) is 15.9. The zero-order valence-electron chi connectivity index (χ0n) is 14.2. The molecule has 1 aliphatic carbocycles. The predicted octanol–water partition coefficient (Wildman–Crippen LogP) is 4.21. The van der Waals surface area contributed by atoms with E-state index in [1.54, 1.807) is 6.07 Å². The van der Waals surface area contributed by atoms with Gasteiger partial charge in [0.25, 0.3) is 0 Å². The van der Waals surface area contributed by atoms with E-state index in [1.165, 1.54) is 22.3 Å². The molecule has 1 atom stereocenters. The maximum atomic E-state index is 11.5. The highest BCUT2D eigenvalue weighted by Gasteiger charge is 2.20. The number of pyridine rings is 1. The summed E-state index contributed by atoms with van der Waals surface area (Å²) in [7, 11) is 0. The zero-order chi connectivity index (χ0) is 17.1. The van der Waals surface area contributed by atoms with Crippen LogP contribution in [0, 0.1) is 0 Å². The van der Waals surface area contributed by atoms with Gasteiger partial charge in [-0.15, -0.1) is 0 Å². The van der Waals surface area contributed by atoms with Crippen LogP contribution < -0.4 is 10.9 Å². The predicted molar refractivity (Wildman–Crippen MR) is 101 cm³/mol. The molecule has 1 heterocycles. The number of fused-ring (bicyclic) bond motifs is 1. The van der Waals surface area contributed by atoms with Gasteiger partial charge in [0.15, 0.2) is 0 Å². The second kappa shape index (κ2) is 7.08. The molecule has 4 rings (SSSR count). The van der Waals surface area contributed by atoms with Crippen molar-refractivity contribution in [1.82, 2.24) is 10.3 Å². The largest absolute Gasteiger partial charge is 0.326 e. The quantitative estimate of drug-likeness (QED) is 0.753. The highest BCUT2D eigenvalue weighted by Crippen LogP contribution is 2.28. The molecule has 2 N–H and O–H groups in total. The van der Waals surface area contributed by atoms with Crippen molar-refractivity contribution in [3.05, 3.63) is 93.9 Å². The standard InChI is InChI=1S/C22H22N2O/c25-22-13-12-19-20(10-5-11-21(19)24-22)23-15-16-6-4-9-18(14-16)17-7-2-1-3-8-17/h1-4,6-9,12-14,20,23H,5,10-11,15H2,(H,24,25)/t20-/m1/s1. The van der Waals surface area contributed by atoms with E-state index < -0.39 is 0 Å². The summed E-state index contributed by atoms with van der Waals surface area (Å²) >= 11 is 0. The number of hydrogen-bond donors (Lipinski definition) is 2. The highest BCUT2D eigenvalue weighted by molar-refractivity contribution is 5.63. The highest BCUT2D eigenvalue weighted by atomic mass is 16.1. The summed E-state index contributed by atoms with van der Waals surface area (Å²) in [6, 6.07) is 23.1. The van der Waals surface area contributed by atoms with E-state index >= 15 is 0 Å². The van der Waals surface area contributed by atoms with Crippen molar-refractivity contribution in [3.8, 4) is 11.1 Å². The van der Waals surface area contributed by atoms with E-state index in [2.05, 4.69) is 58.8 Å².